The summed E-state index contributed by atoms with van der Waals surface area (Å²) >= 11 is 0. The van der Waals surface area contributed by atoms with E-state index in [1.807, 2.05) is 6.07 Å². The molecule has 1 rings (SSSR count). The highest BCUT2D eigenvalue weighted by Gasteiger charge is 2.18. The lowest BCUT2D eigenvalue weighted by Crippen LogP contribution is -2.31. The maximum atomic E-state index is 12.2. The fourth-order valence-electron chi connectivity index (χ4n) is 3.09. The van der Waals surface area contributed by atoms with Gasteiger partial charge in [-0.25, -0.2) is 0 Å². The summed E-state index contributed by atoms with van der Waals surface area (Å²) in [6.45, 7) is 11.3. The minimum absolute atomic E-state index is 0.0676. The molecule has 2 N–H and O–H groups in total. The first-order valence-corrected chi connectivity index (χ1v) is 9.39. The molecule has 0 spiro atoms. The molecule has 0 saturated heterocycles. The molecule has 1 amide bonds. The first kappa shape index (κ1) is 20.5. The number of phenolic OH excluding ortho intramolecular Hbond substituents is 1. The van der Waals surface area contributed by atoms with E-state index in [0.29, 0.717) is 12.3 Å². The van der Waals surface area contributed by atoms with Crippen LogP contribution < -0.4 is 5.32 Å². The van der Waals surface area contributed by atoms with Gasteiger partial charge in [0.05, 0.1) is 0 Å². The van der Waals surface area contributed by atoms with E-state index in [0.717, 1.165) is 44.1 Å². The third-order valence-electron chi connectivity index (χ3n) is 4.46. The van der Waals surface area contributed by atoms with Crippen molar-refractivity contribution in [1.29, 1.82) is 0 Å². The van der Waals surface area contributed by atoms with Crippen molar-refractivity contribution < 1.29 is 9.90 Å². The van der Waals surface area contributed by atoms with Gasteiger partial charge in [-0.05, 0) is 48.3 Å². The Balaban J connectivity index is 2.49. The molecule has 0 aliphatic carbocycles. The molecule has 136 valence electrons. The van der Waals surface area contributed by atoms with Crippen molar-refractivity contribution in [3.05, 3.63) is 29.3 Å². The number of nitrogens with one attached hydrogen (secondary N) is 1. The van der Waals surface area contributed by atoms with E-state index in [1.165, 1.54) is 5.56 Å². The number of hydrogen-bond acceptors (Lipinski definition) is 2. The largest absolute Gasteiger partial charge is 0.508 e. The van der Waals surface area contributed by atoms with Crippen LogP contribution in [0.25, 0.3) is 0 Å². The highest BCUT2D eigenvalue weighted by molar-refractivity contribution is 5.78. The van der Waals surface area contributed by atoms with Crippen molar-refractivity contribution in [3.63, 3.8) is 0 Å². The van der Waals surface area contributed by atoms with Crippen LogP contribution in [0.15, 0.2) is 18.2 Å². The van der Waals surface area contributed by atoms with Gasteiger partial charge >= 0.3 is 0 Å². The van der Waals surface area contributed by atoms with Crippen molar-refractivity contribution in [2.45, 2.75) is 78.6 Å². The quantitative estimate of drug-likeness (QED) is 0.628. The van der Waals surface area contributed by atoms with Crippen molar-refractivity contribution in [1.82, 2.24) is 5.32 Å². The van der Waals surface area contributed by atoms with Gasteiger partial charge in [0.25, 0.3) is 0 Å². The van der Waals surface area contributed by atoms with Gasteiger partial charge in [-0.2, -0.15) is 0 Å². The SMILES string of the molecule is CCCC(CCC)C(=O)NCCCc1ccc(O)c(C(C)(C)C)c1. The van der Waals surface area contributed by atoms with Crippen LogP contribution in [0.2, 0.25) is 0 Å². The molecular weight excluding hydrogens is 298 g/mol. The molecule has 3 nitrogen and oxygen atoms in total. The molecule has 1 aromatic rings. The summed E-state index contributed by atoms with van der Waals surface area (Å²) in [5.74, 6) is 0.738. The lowest BCUT2D eigenvalue weighted by Gasteiger charge is -2.21. The van der Waals surface area contributed by atoms with E-state index < -0.39 is 0 Å². The molecule has 0 aliphatic rings. The summed E-state index contributed by atoms with van der Waals surface area (Å²) in [5.41, 5.74) is 2.13. The van der Waals surface area contributed by atoms with E-state index in [9.17, 15) is 9.90 Å². The number of benzene rings is 1. The average molecular weight is 334 g/mol. The molecule has 3 heteroatoms. The van der Waals surface area contributed by atoms with Gasteiger partial charge in [0, 0.05) is 12.5 Å². The van der Waals surface area contributed by atoms with Crippen LogP contribution in [-0.2, 0) is 16.6 Å². The molecular formula is C21H35NO2. The van der Waals surface area contributed by atoms with E-state index in [-0.39, 0.29) is 17.2 Å². The molecule has 0 atom stereocenters. The third-order valence-corrected chi connectivity index (χ3v) is 4.46. The third kappa shape index (κ3) is 6.54. The topological polar surface area (TPSA) is 49.3 Å². The zero-order chi connectivity index (χ0) is 18.2. The first-order valence-electron chi connectivity index (χ1n) is 9.39. The maximum absolute atomic E-state index is 12.2. The number of amides is 1. The molecule has 0 aliphatic heterocycles. The van der Waals surface area contributed by atoms with Crippen LogP contribution >= 0.6 is 0 Å². The first-order chi connectivity index (χ1) is 11.3. The van der Waals surface area contributed by atoms with Crippen molar-refractivity contribution >= 4 is 5.91 Å². The molecule has 0 heterocycles. The monoisotopic (exact) mass is 333 g/mol. The Morgan fingerprint density at radius 3 is 2.33 bits per heavy atom. The molecule has 0 unspecified atom stereocenters. The van der Waals surface area contributed by atoms with Crippen LogP contribution in [0, 0.1) is 5.92 Å². The second-order valence-electron chi connectivity index (χ2n) is 7.77. The van der Waals surface area contributed by atoms with E-state index >= 15 is 0 Å². The number of rotatable bonds is 9. The zero-order valence-electron chi connectivity index (χ0n) is 16.1. The highest BCUT2D eigenvalue weighted by Crippen LogP contribution is 2.31. The normalized spacial score (nSPS) is 11.8. The Labute approximate surface area is 147 Å². The summed E-state index contributed by atoms with van der Waals surface area (Å²) < 4.78 is 0. The second kappa shape index (κ2) is 9.71. The lowest BCUT2D eigenvalue weighted by atomic mass is 9.85. The Morgan fingerprint density at radius 2 is 1.79 bits per heavy atom. The minimum atomic E-state index is -0.0676. The molecule has 0 saturated carbocycles. The Kier molecular flexibility index (Phi) is 8.30. The van der Waals surface area contributed by atoms with Gasteiger partial charge in [0.2, 0.25) is 5.91 Å². The van der Waals surface area contributed by atoms with Gasteiger partial charge < -0.3 is 10.4 Å². The maximum Gasteiger partial charge on any atom is 0.223 e. The predicted molar refractivity (Wildman–Crippen MR) is 101 cm³/mol. The molecule has 24 heavy (non-hydrogen) atoms. The Bertz CT molecular complexity index is 511. The van der Waals surface area contributed by atoms with Crippen LogP contribution in [0.4, 0.5) is 0 Å². The van der Waals surface area contributed by atoms with Crippen LogP contribution in [0.3, 0.4) is 0 Å². The van der Waals surface area contributed by atoms with Crippen molar-refractivity contribution in [2.24, 2.45) is 5.92 Å². The van der Waals surface area contributed by atoms with E-state index in [2.05, 4.69) is 46.0 Å². The van der Waals surface area contributed by atoms with Gasteiger partial charge in [0.1, 0.15) is 5.75 Å². The number of aromatic hydroxyl groups is 1. The van der Waals surface area contributed by atoms with Gasteiger partial charge in [-0.3, -0.25) is 4.79 Å². The van der Waals surface area contributed by atoms with Gasteiger partial charge in [-0.1, -0.05) is 59.6 Å². The summed E-state index contributed by atoms with van der Waals surface area (Å²) in [4.78, 5) is 12.2. The molecule has 1 aromatic carbocycles. The van der Waals surface area contributed by atoms with Gasteiger partial charge in [-0.15, -0.1) is 0 Å². The summed E-state index contributed by atoms with van der Waals surface area (Å²) in [5, 5.41) is 13.1. The highest BCUT2D eigenvalue weighted by atomic mass is 16.3. The number of phenols is 1. The molecule has 0 fully saturated rings. The second-order valence-corrected chi connectivity index (χ2v) is 7.77. The Morgan fingerprint density at radius 1 is 1.17 bits per heavy atom. The fraction of sp³-hybridized carbons (Fsp3) is 0.667. The van der Waals surface area contributed by atoms with E-state index in [4.69, 9.17) is 0 Å². The lowest BCUT2D eigenvalue weighted by molar-refractivity contribution is -0.125. The summed E-state index contributed by atoms with van der Waals surface area (Å²) in [6.07, 6.45) is 5.91. The Hall–Kier alpha value is -1.51. The zero-order valence-corrected chi connectivity index (χ0v) is 16.1. The van der Waals surface area contributed by atoms with Crippen LogP contribution in [0.1, 0.15) is 77.8 Å². The number of carbonyl (C=O) groups is 1. The van der Waals surface area contributed by atoms with E-state index in [1.54, 1.807) is 6.07 Å². The minimum Gasteiger partial charge on any atom is -0.508 e. The van der Waals surface area contributed by atoms with Crippen LogP contribution in [0.5, 0.6) is 5.75 Å². The van der Waals surface area contributed by atoms with Gasteiger partial charge in [0.15, 0.2) is 0 Å². The predicted octanol–water partition coefficient (Wildman–Crippen LogP) is 4.95. The van der Waals surface area contributed by atoms with Crippen LogP contribution in [-0.4, -0.2) is 17.6 Å². The number of aryl methyl sites for hydroxylation is 1. The average Bonchev–Trinajstić information content (AvgIpc) is 2.51. The number of carbonyl (C=O) groups excluding carboxylic acids is 1. The fourth-order valence-corrected chi connectivity index (χ4v) is 3.09. The summed E-state index contributed by atoms with van der Waals surface area (Å²) in [6, 6.07) is 5.85. The smallest absolute Gasteiger partial charge is 0.223 e. The number of hydrogen-bond donors (Lipinski definition) is 2. The molecule has 0 bridgehead atoms. The van der Waals surface area contributed by atoms with Crippen molar-refractivity contribution in [3.8, 4) is 5.75 Å². The molecule has 0 aromatic heterocycles. The standard InChI is InChI=1S/C21H35NO2/c1-6-9-17(10-7-2)20(24)22-14-8-11-16-12-13-19(23)18(15-16)21(3,4)5/h12-13,15,17,23H,6-11,14H2,1-5H3,(H,22,24). The summed E-state index contributed by atoms with van der Waals surface area (Å²) in [7, 11) is 0. The molecule has 0 radical (unpaired) electrons. The van der Waals surface area contributed by atoms with Crippen molar-refractivity contribution in [2.75, 3.05) is 6.54 Å².